The first-order chi connectivity index (χ1) is 11.7. The van der Waals surface area contributed by atoms with Crippen LogP contribution in [0.2, 0.25) is 5.02 Å². The molecule has 1 aromatic carbocycles. The lowest BCUT2D eigenvalue weighted by Gasteiger charge is -2.26. The van der Waals surface area contributed by atoms with Crippen molar-refractivity contribution in [2.45, 2.75) is 37.9 Å². The number of anilines is 1. The molecule has 0 spiro atoms. The number of halogens is 1. The van der Waals surface area contributed by atoms with E-state index in [1.54, 1.807) is 34.9 Å². The zero-order valence-corrected chi connectivity index (χ0v) is 15.9. The lowest BCUT2D eigenvalue weighted by molar-refractivity contribution is -0.119. The molecule has 2 aromatic rings. The molecule has 0 saturated carbocycles. The summed E-state index contributed by atoms with van der Waals surface area (Å²) >= 11 is 7.39. The van der Waals surface area contributed by atoms with E-state index in [-0.39, 0.29) is 22.8 Å². The number of fused-ring (bicyclic) bond motifs is 1. The van der Waals surface area contributed by atoms with E-state index in [2.05, 4.69) is 10.3 Å². The van der Waals surface area contributed by atoms with Gasteiger partial charge in [-0.25, -0.2) is 4.98 Å². The molecule has 25 heavy (non-hydrogen) atoms. The van der Waals surface area contributed by atoms with Crippen molar-refractivity contribution in [3.63, 3.8) is 0 Å². The molecule has 132 valence electrons. The maximum atomic E-state index is 12.5. The molecule has 1 aliphatic heterocycles. The number of aromatic nitrogens is 2. The Kier molecular flexibility index (Phi) is 4.93. The third kappa shape index (κ3) is 4.07. The van der Waals surface area contributed by atoms with Crippen molar-refractivity contribution in [3.8, 4) is 0 Å². The van der Waals surface area contributed by atoms with Crippen LogP contribution in [0.4, 0.5) is 5.69 Å². The van der Waals surface area contributed by atoms with Gasteiger partial charge in [0.25, 0.3) is 5.56 Å². The summed E-state index contributed by atoms with van der Waals surface area (Å²) in [7, 11) is 0. The fraction of sp³-hybridized carbons (Fsp3) is 0.389. The average Bonchev–Trinajstić information content (AvgIpc) is 2.53. The first-order valence-electron chi connectivity index (χ1n) is 8.05. The number of rotatable bonds is 2. The van der Waals surface area contributed by atoms with Crippen LogP contribution in [0, 0.1) is 5.92 Å². The predicted octanol–water partition coefficient (Wildman–Crippen LogP) is 3.55. The standard InChI is InChI=1S/C18H20ClN3O2S/c1-18(2,3)14-8-15(23)22-9-11(10-25-17(22)21-14)16(24)20-13-6-4-5-12(19)7-13/h4-8,11H,9-10H2,1-3H3,(H,20,24). The SMILES string of the molecule is CC(C)(C)c1cc(=O)n2c(n1)SCC(C(=O)Nc1cccc(Cl)c1)C2. The molecule has 0 radical (unpaired) electrons. The molecular weight excluding hydrogens is 358 g/mol. The topological polar surface area (TPSA) is 64.0 Å². The van der Waals surface area contributed by atoms with E-state index in [1.165, 1.54) is 11.8 Å². The summed E-state index contributed by atoms with van der Waals surface area (Å²) in [4.78, 5) is 29.6. The van der Waals surface area contributed by atoms with Gasteiger partial charge in [0, 0.05) is 34.5 Å². The molecule has 7 heteroatoms. The summed E-state index contributed by atoms with van der Waals surface area (Å²) in [6.45, 7) is 6.42. The van der Waals surface area contributed by atoms with Crippen molar-refractivity contribution in [2.75, 3.05) is 11.1 Å². The molecule has 0 aliphatic carbocycles. The Labute approximate surface area is 155 Å². The van der Waals surface area contributed by atoms with Gasteiger partial charge in [0.1, 0.15) is 0 Å². The van der Waals surface area contributed by atoms with Gasteiger partial charge < -0.3 is 5.32 Å². The van der Waals surface area contributed by atoms with Gasteiger partial charge in [0.2, 0.25) is 5.91 Å². The number of thioether (sulfide) groups is 1. The van der Waals surface area contributed by atoms with E-state index in [9.17, 15) is 9.59 Å². The zero-order valence-electron chi connectivity index (χ0n) is 14.4. The second-order valence-electron chi connectivity index (χ2n) is 7.13. The molecule has 2 heterocycles. The summed E-state index contributed by atoms with van der Waals surface area (Å²) < 4.78 is 1.59. The predicted molar refractivity (Wildman–Crippen MR) is 101 cm³/mol. The molecule has 1 N–H and O–H groups in total. The van der Waals surface area contributed by atoms with Gasteiger partial charge in [-0.3, -0.25) is 14.2 Å². The number of nitrogens with one attached hydrogen (secondary N) is 1. The summed E-state index contributed by atoms with van der Waals surface area (Å²) in [6.07, 6.45) is 0. The van der Waals surface area contributed by atoms with Crippen molar-refractivity contribution < 1.29 is 4.79 Å². The third-order valence-corrected chi connectivity index (χ3v) is 5.40. The van der Waals surface area contributed by atoms with Crippen LogP contribution in [0.3, 0.4) is 0 Å². The van der Waals surface area contributed by atoms with E-state index < -0.39 is 0 Å². The third-order valence-electron chi connectivity index (χ3n) is 4.02. The normalized spacial score (nSPS) is 17.0. The van der Waals surface area contributed by atoms with Crippen LogP contribution in [0.5, 0.6) is 0 Å². The Morgan fingerprint density at radius 2 is 2.12 bits per heavy atom. The van der Waals surface area contributed by atoms with Crippen molar-refractivity contribution in [2.24, 2.45) is 5.92 Å². The van der Waals surface area contributed by atoms with Crippen LogP contribution < -0.4 is 10.9 Å². The Hall–Kier alpha value is -1.79. The van der Waals surface area contributed by atoms with E-state index in [1.807, 2.05) is 20.8 Å². The van der Waals surface area contributed by atoms with Gasteiger partial charge in [-0.1, -0.05) is 50.2 Å². The van der Waals surface area contributed by atoms with Gasteiger partial charge in [-0.15, -0.1) is 0 Å². The van der Waals surface area contributed by atoms with Crippen molar-refractivity contribution >= 4 is 35.0 Å². The quantitative estimate of drug-likeness (QED) is 0.813. The van der Waals surface area contributed by atoms with Gasteiger partial charge in [0.05, 0.1) is 11.6 Å². The van der Waals surface area contributed by atoms with E-state index in [4.69, 9.17) is 11.6 Å². The minimum Gasteiger partial charge on any atom is -0.326 e. The molecule has 0 fully saturated rings. The minimum atomic E-state index is -0.295. The minimum absolute atomic E-state index is 0.109. The van der Waals surface area contributed by atoms with Crippen LogP contribution in [-0.2, 0) is 16.8 Å². The molecule has 1 atom stereocenters. The smallest absolute Gasteiger partial charge is 0.254 e. The Balaban J connectivity index is 1.79. The van der Waals surface area contributed by atoms with E-state index >= 15 is 0 Å². The zero-order chi connectivity index (χ0) is 18.2. The fourth-order valence-electron chi connectivity index (χ4n) is 2.56. The Morgan fingerprint density at radius 1 is 1.36 bits per heavy atom. The van der Waals surface area contributed by atoms with Gasteiger partial charge >= 0.3 is 0 Å². The maximum absolute atomic E-state index is 12.5. The van der Waals surface area contributed by atoms with Crippen LogP contribution in [0.15, 0.2) is 40.3 Å². The first kappa shape index (κ1) is 18.0. The lowest BCUT2D eigenvalue weighted by Crippen LogP contribution is -2.37. The van der Waals surface area contributed by atoms with E-state index in [0.29, 0.717) is 28.2 Å². The number of benzene rings is 1. The number of hydrogen-bond donors (Lipinski definition) is 1. The molecule has 1 unspecified atom stereocenters. The second-order valence-corrected chi connectivity index (χ2v) is 8.55. The number of nitrogens with zero attached hydrogens (tertiary/aromatic N) is 2. The summed E-state index contributed by atoms with van der Waals surface area (Å²) in [6, 6.07) is 8.60. The molecular formula is C18H20ClN3O2S. The van der Waals surface area contributed by atoms with Crippen LogP contribution in [-0.4, -0.2) is 21.2 Å². The van der Waals surface area contributed by atoms with Crippen LogP contribution >= 0.6 is 23.4 Å². The van der Waals surface area contributed by atoms with Gasteiger partial charge in [0.15, 0.2) is 5.16 Å². The summed E-state index contributed by atoms with van der Waals surface area (Å²) in [5, 5.41) is 4.12. The van der Waals surface area contributed by atoms with Crippen molar-refractivity contribution in [3.05, 3.63) is 51.4 Å². The summed E-state index contributed by atoms with van der Waals surface area (Å²) in [5.74, 6) is 0.176. The van der Waals surface area contributed by atoms with Gasteiger partial charge in [-0.2, -0.15) is 0 Å². The van der Waals surface area contributed by atoms with Crippen LogP contribution in [0.25, 0.3) is 0 Å². The summed E-state index contributed by atoms with van der Waals surface area (Å²) in [5.41, 5.74) is 1.14. The monoisotopic (exact) mass is 377 g/mol. The van der Waals surface area contributed by atoms with Crippen molar-refractivity contribution in [1.29, 1.82) is 0 Å². The average molecular weight is 378 g/mol. The fourth-order valence-corrected chi connectivity index (χ4v) is 3.85. The highest BCUT2D eigenvalue weighted by molar-refractivity contribution is 7.99. The number of hydrogen-bond acceptors (Lipinski definition) is 4. The van der Waals surface area contributed by atoms with Crippen LogP contribution in [0.1, 0.15) is 26.5 Å². The highest BCUT2D eigenvalue weighted by atomic mass is 35.5. The van der Waals surface area contributed by atoms with Gasteiger partial charge in [-0.05, 0) is 18.2 Å². The van der Waals surface area contributed by atoms with Crippen molar-refractivity contribution in [1.82, 2.24) is 9.55 Å². The molecule has 0 bridgehead atoms. The Bertz CT molecular complexity index is 873. The largest absolute Gasteiger partial charge is 0.326 e. The maximum Gasteiger partial charge on any atom is 0.254 e. The molecule has 1 amide bonds. The number of carbonyl (C=O) groups excluding carboxylic acids is 1. The highest BCUT2D eigenvalue weighted by Crippen LogP contribution is 2.28. The molecule has 1 aromatic heterocycles. The second kappa shape index (κ2) is 6.84. The number of amides is 1. The molecule has 3 rings (SSSR count). The highest BCUT2D eigenvalue weighted by Gasteiger charge is 2.28. The molecule has 1 aliphatic rings. The number of carbonyl (C=O) groups is 1. The molecule has 0 saturated heterocycles. The lowest BCUT2D eigenvalue weighted by atomic mass is 9.92. The Morgan fingerprint density at radius 3 is 2.80 bits per heavy atom. The molecule has 5 nitrogen and oxygen atoms in total. The van der Waals surface area contributed by atoms with E-state index in [0.717, 1.165) is 5.69 Å². The first-order valence-corrected chi connectivity index (χ1v) is 9.42.